The highest BCUT2D eigenvalue weighted by Gasteiger charge is 2.21. The van der Waals surface area contributed by atoms with E-state index in [1.165, 1.54) is 6.20 Å². The van der Waals surface area contributed by atoms with Crippen molar-refractivity contribution in [2.24, 2.45) is 0 Å². The Morgan fingerprint density at radius 3 is 1.95 bits per heavy atom. The van der Waals surface area contributed by atoms with Crippen molar-refractivity contribution in [1.29, 1.82) is 0 Å². The van der Waals surface area contributed by atoms with Gasteiger partial charge in [0.15, 0.2) is 5.65 Å². The molecule has 298 valence electrons. The molecule has 0 aliphatic rings. The summed E-state index contributed by atoms with van der Waals surface area (Å²) in [4.78, 5) is 37.1. The molecule has 0 aliphatic carbocycles. The summed E-state index contributed by atoms with van der Waals surface area (Å²) >= 11 is 0. The fourth-order valence-corrected chi connectivity index (χ4v) is 9.30. The predicted molar refractivity (Wildman–Crippen MR) is 227 cm³/mol. The van der Waals surface area contributed by atoms with E-state index in [1.54, 1.807) is 128 Å². The Labute approximate surface area is 344 Å². The lowest BCUT2D eigenvalue weighted by Crippen LogP contribution is -2.22. The van der Waals surface area contributed by atoms with Crippen molar-refractivity contribution in [3.63, 3.8) is 0 Å². The van der Waals surface area contributed by atoms with Crippen molar-refractivity contribution >= 4 is 64.2 Å². The minimum atomic E-state index is -3.68. The summed E-state index contributed by atoms with van der Waals surface area (Å²) < 4.78 is 51.6. The van der Waals surface area contributed by atoms with Crippen LogP contribution >= 0.6 is 0 Å². The molecule has 5 aromatic carbocycles. The summed E-state index contributed by atoms with van der Waals surface area (Å²) in [6, 6.07) is 37.5. The number of fused-ring (bicyclic) bond motifs is 3. The number of carbonyl (C=O) groups excluding carboxylic acids is 2. The average Bonchev–Trinajstić information content (AvgIpc) is 3.95. The Balaban J connectivity index is 0.000000168. The Morgan fingerprint density at radius 1 is 0.583 bits per heavy atom. The number of hydrogen-bond acceptors (Lipinski definition) is 9. The second-order valence-corrected chi connectivity index (χ2v) is 17.5. The van der Waals surface area contributed by atoms with Crippen LogP contribution in [0.2, 0.25) is 0 Å². The van der Waals surface area contributed by atoms with E-state index in [0.29, 0.717) is 22.2 Å². The van der Waals surface area contributed by atoms with Crippen molar-refractivity contribution in [2.45, 2.75) is 32.7 Å². The first-order valence-corrected chi connectivity index (χ1v) is 21.5. The van der Waals surface area contributed by atoms with Crippen LogP contribution in [-0.4, -0.2) is 53.8 Å². The molecule has 4 heterocycles. The van der Waals surface area contributed by atoms with Crippen LogP contribution in [0.25, 0.3) is 32.7 Å². The van der Waals surface area contributed by atoms with Crippen molar-refractivity contribution in [1.82, 2.24) is 35.8 Å². The van der Waals surface area contributed by atoms with E-state index < -0.39 is 19.7 Å². The van der Waals surface area contributed by atoms with E-state index in [0.717, 1.165) is 32.8 Å². The number of rotatable bonds is 10. The zero-order valence-corrected chi connectivity index (χ0v) is 33.2. The third-order valence-electron chi connectivity index (χ3n) is 9.75. The number of hydrogen-bond donors (Lipinski definition) is 4. The minimum Gasteiger partial charge on any atom is -0.360 e. The Morgan fingerprint density at radius 2 is 1.22 bits per heavy atom. The molecule has 0 spiro atoms. The van der Waals surface area contributed by atoms with E-state index in [4.69, 9.17) is 0 Å². The topological polar surface area (TPSA) is 197 Å². The molecule has 0 unspecified atom stereocenters. The number of amides is 2. The number of nitrogens with zero attached hydrogens (tertiary/aromatic N) is 3. The molecule has 9 rings (SSSR count). The molecule has 4 N–H and O–H groups in total. The molecule has 0 aliphatic heterocycles. The predicted octanol–water partition coefficient (Wildman–Crippen LogP) is 7.20. The standard InChI is InChI=1S/C24H18N4O3S.C21H17N3O3S/c29-24(19-12-18-15-27-28-23(18)25-14-19)26-13-16-8-10-20(11-9-16)32(30,31)22-7-3-5-17-4-1-2-6-21(17)22;25-21(19-14-23-20-10-11-22-13-18(19)20)24-12-15-6-8-17(9-7-15)28(26,27)16-4-2-1-3-5-16/h1-12,14-15H,13H2,(H,26,29)(H,25,27,28);1-11,13-14,23H,12H2,(H,24,25). The number of H-pyrrole nitrogens is 2. The molecule has 60 heavy (non-hydrogen) atoms. The summed E-state index contributed by atoms with van der Waals surface area (Å²) in [5, 5.41) is 15.4. The van der Waals surface area contributed by atoms with E-state index in [9.17, 15) is 26.4 Å². The Hall–Kier alpha value is -7.49. The third kappa shape index (κ3) is 8.25. The van der Waals surface area contributed by atoms with Gasteiger partial charge in [-0.15, -0.1) is 0 Å². The van der Waals surface area contributed by atoms with E-state index >= 15 is 0 Å². The maximum absolute atomic E-state index is 13.2. The molecule has 0 saturated carbocycles. The van der Waals surface area contributed by atoms with Crippen LogP contribution < -0.4 is 10.6 Å². The summed E-state index contributed by atoms with van der Waals surface area (Å²) in [5.74, 6) is -0.492. The van der Waals surface area contributed by atoms with Gasteiger partial charge in [-0.05, 0) is 71.1 Å². The minimum absolute atomic E-state index is 0.207. The van der Waals surface area contributed by atoms with Crippen molar-refractivity contribution in [3.8, 4) is 0 Å². The van der Waals surface area contributed by atoms with Crippen LogP contribution in [-0.2, 0) is 32.8 Å². The van der Waals surface area contributed by atoms with Gasteiger partial charge < -0.3 is 15.6 Å². The highest BCUT2D eigenvalue weighted by atomic mass is 32.2. The monoisotopic (exact) mass is 833 g/mol. The molecular formula is C45H35N7O6S2. The summed E-state index contributed by atoms with van der Waals surface area (Å²) in [6.45, 7) is 0.550. The van der Waals surface area contributed by atoms with Crippen LogP contribution in [0, 0.1) is 0 Å². The van der Waals surface area contributed by atoms with Gasteiger partial charge in [0.05, 0.1) is 36.9 Å². The van der Waals surface area contributed by atoms with Gasteiger partial charge in [0, 0.05) is 59.6 Å². The first-order chi connectivity index (χ1) is 29.1. The van der Waals surface area contributed by atoms with Crippen LogP contribution in [0.1, 0.15) is 31.8 Å². The van der Waals surface area contributed by atoms with Gasteiger partial charge in [0.25, 0.3) is 11.8 Å². The van der Waals surface area contributed by atoms with Gasteiger partial charge >= 0.3 is 0 Å². The van der Waals surface area contributed by atoms with Gasteiger partial charge in [0.2, 0.25) is 19.7 Å². The molecule has 0 radical (unpaired) electrons. The van der Waals surface area contributed by atoms with E-state index in [2.05, 4.69) is 35.8 Å². The third-order valence-corrected chi connectivity index (χ3v) is 13.4. The molecule has 4 aromatic heterocycles. The molecule has 0 saturated heterocycles. The first-order valence-electron chi connectivity index (χ1n) is 18.6. The Kier molecular flexibility index (Phi) is 11.0. The molecule has 2 amide bonds. The van der Waals surface area contributed by atoms with Gasteiger partial charge in [-0.1, -0.05) is 78.9 Å². The number of benzene rings is 5. The fraction of sp³-hybridized carbons (Fsp3) is 0.0444. The van der Waals surface area contributed by atoms with E-state index in [-0.39, 0.29) is 44.5 Å². The lowest BCUT2D eigenvalue weighted by atomic mass is 10.1. The summed E-state index contributed by atoms with van der Waals surface area (Å²) in [6.07, 6.45) is 8.04. The number of nitrogens with one attached hydrogen (secondary N) is 4. The summed E-state index contributed by atoms with van der Waals surface area (Å²) in [5.41, 5.74) is 3.99. The van der Waals surface area contributed by atoms with Crippen LogP contribution in [0.4, 0.5) is 0 Å². The number of aromatic amines is 2. The van der Waals surface area contributed by atoms with Gasteiger partial charge in [-0.2, -0.15) is 5.10 Å². The number of sulfone groups is 2. The zero-order chi connectivity index (χ0) is 41.7. The molecule has 13 nitrogen and oxygen atoms in total. The number of pyridine rings is 2. The van der Waals surface area contributed by atoms with Crippen molar-refractivity contribution in [3.05, 3.63) is 187 Å². The maximum Gasteiger partial charge on any atom is 0.253 e. The van der Waals surface area contributed by atoms with Gasteiger partial charge in [0.1, 0.15) is 0 Å². The van der Waals surface area contributed by atoms with Crippen LogP contribution in [0.15, 0.2) is 184 Å². The van der Waals surface area contributed by atoms with Crippen LogP contribution in [0.5, 0.6) is 0 Å². The normalized spacial score (nSPS) is 11.5. The quantitative estimate of drug-likeness (QED) is 0.110. The molecule has 0 atom stereocenters. The number of aromatic nitrogens is 5. The molecule has 15 heteroatoms. The molecular weight excluding hydrogens is 799 g/mol. The zero-order valence-electron chi connectivity index (χ0n) is 31.6. The fourth-order valence-electron chi connectivity index (χ4n) is 6.54. The molecule has 0 fully saturated rings. The summed E-state index contributed by atoms with van der Waals surface area (Å²) in [7, 11) is -7.22. The van der Waals surface area contributed by atoms with Gasteiger partial charge in [-0.25, -0.2) is 21.8 Å². The molecule has 9 aromatic rings. The smallest absolute Gasteiger partial charge is 0.253 e. The lowest BCUT2D eigenvalue weighted by Gasteiger charge is -2.10. The largest absolute Gasteiger partial charge is 0.360 e. The SMILES string of the molecule is O=C(NCc1ccc(S(=O)(=O)c2cccc3ccccc23)cc1)c1cnc2[nH]ncc2c1.O=C(NCc1ccc(S(=O)(=O)c2ccccc2)cc1)c1c[nH]c2ccncc12. The maximum atomic E-state index is 13.2. The van der Waals surface area contributed by atoms with Crippen LogP contribution in [0.3, 0.4) is 0 Å². The lowest BCUT2D eigenvalue weighted by molar-refractivity contribution is 0.0943. The van der Waals surface area contributed by atoms with Crippen molar-refractivity contribution in [2.75, 3.05) is 0 Å². The van der Waals surface area contributed by atoms with Crippen molar-refractivity contribution < 1.29 is 26.4 Å². The first kappa shape index (κ1) is 39.3. The molecule has 0 bridgehead atoms. The highest BCUT2D eigenvalue weighted by Crippen LogP contribution is 2.29. The van der Waals surface area contributed by atoms with Gasteiger partial charge in [-0.3, -0.25) is 19.7 Å². The van der Waals surface area contributed by atoms with E-state index in [1.807, 2.05) is 30.3 Å². The Bertz CT molecular complexity index is 3220. The number of carbonyl (C=O) groups is 2. The second kappa shape index (κ2) is 16.8. The average molecular weight is 834 g/mol. The second-order valence-electron chi connectivity index (χ2n) is 13.6. The highest BCUT2D eigenvalue weighted by molar-refractivity contribution is 7.92.